The van der Waals surface area contributed by atoms with Gasteiger partial charge in [0, 0.05) is 29.4 Å². The van der Waals surface area contributed by atoms with Crippen molar-refractivity contribution >= 4 is 11.9 Å². The third-order valence-electron chi connectivity index (χ3n) is 11.7. The number of hydrogen-bond acceptors (Lipinski definition) is 7. The first-order valence-electron chi connectivity index (χ1n) is 13.9. The van der Waals surface area contributed by atoms with Gasteiger partial charge in [-0.3, -0.25) is 0 Å². The number of carbonyl (C=O) groups excluding carboxylic acids is 2. The highest BCUT2D eigenvalue weighted by atomic mass is 16.6. The van der Waals surface area contributed by atoms with Crippen LogP contribution in [-0.4, -0.2) is 56.8 Å². The van der Waals surface area contributed by atoms with Crippen LogP contribution in [0.3, 0.4) is 0 Å². The molecule has 7 heteroatoms. The first kappa shape index (κ1) is 24.1. The number of epoxide rings is 1. The zero-order chi connectivity index (χ0) is 26.3. The molecule has 1 spiro atoms. The third-order valence-corrected chi connectivity index (χ3v) is 11.7. The van der Waals surface area contributed by atoms with Crippen LogP contribution in [-0.2, 0) is 23.8 Å². The predicted molar refractivity (Wildman–Crippen MR) is 133 cm³/mol. The van der Waals surface area contributed by atoms with Gasteiger partial charge in [0.05, 0.1) is 11.7 Å². The van der Waals surface area contributed by atoms with Gasteiger partial charge in [0.15, 0.2) is 0 Å². The minimum absolute atomic E-state index is 0.00434. The van der Waals surface area contributed by atoms with Crippen LogP contribution >= 0.6 is 0 Å². The smallest absolute Gasteiger partial charge is 0.333 e. The molecule has 0 aromatic carbocycles. The molecule has 200 valence electrons. The molecule has 0 bridgehead atoms. The molecule has 4 fully saturated rings. The molecular weight excluding hydrogens is 472 g/mol. The Labute approximate surface area is 217 Å². The number of hydrogen-bond donors (Lipinski definition) is 2. The largest absolute Gasteiger partial charge is 0.458 e. The zero-order valence-corrected chi connectivity index (χ0v) is 22.3. The molecule has 0 radical (unpaired) electrons. The number of cyclic esters (lactones) is 1. The van der Waals surface area contributed by atoms with Gasteiger partial charge in [-0.25, -0.2) is 9.59 Å². The van der Waals surface area contributed by atoms with Crippen molar-refractivity contribution in [3.05, 3.63) is 35.5 Å². The summed E-state index contributed by atoms with van der Waals surface area (Å²) in [5.74, 6) is -1.08. The monoisotopic (exact) mass is 510 g/mol. The summed E-state index contributed by atoms with van der Waals surface area (Å²) in [6.07, 6.45) is 10.1. The van der Waals surface area contributed by atoms with E-state index in [1.165, 1.54) is 6.08 Å². The Morgan fingerprint density at radius 1 is 1.00 bits per heavy atom. The Morgan fingerprint density at radius 2 is 1.76 bits per heavy atom. The summed E-state index contributed by atoms with van der Waals surface area (Å²) >= 11 is 0. The summed E-state index contributed by atoms with van der Waals surface area (Å²) in [6, 6.07) is 0. The summed E-state index contributed by atoms with van der Waals surface area (Å²) in [6.45, 7) is 9.97. The number of esters is 2. The topological polar surface area (TPSA) is 106 Å². The fourth-order valence-electron chi connectivity index (χ4n) is 10.2. The van der Waals surface area contributed by atoms with E-state index in [1.54, 1.807) is 6.92 Å². The Bertz CT molecular complexity index is 1200. The van der Waals surface area contributed by atoms with Gasteiger partial charge in [0.2, 0.25) is 0 Å². The van der Waals surface area contributed by atoms with Crippen molar-refractivity contribution in [2.45, 2.75) is 101 Å². The average Bonchev–Trinajstić information content (AvgIpc) is 3.51. The summed E-state index contributed by atoms with van der Waals surface area (Å²) in [7, 11) is 0. The van der Waals surface area contributed by atoms with E-state index in [0.717, 1.165) is 24.8 Å². The maximum absolute atomic E-state index is 12.7. The lowest BCUT2D eigenvalue weighted by molar-refractivity contribution is -0.209. The molecule has 0 amide bonds. The molecule has 2 N–H and O–H groups in total. The fraction of sp³-hybridized carbons (Fsp3) is 0.733. The standard InChI is InChI=1S/C30H38O7/c1-15-10-18-12-29(34)21-13-28(33)11-17-6-9-23(31)37-26(3,4)19(17)7-8-20(28)27(21,5)14-22-30(29,36-22)16(2)24(18)35-25(15)32/h6,9-11,16,18-22,24,33-34H,7-8,12-14H2,1-5H3/t16-,18-,19-,20+,21-,22-,24+,27+,28-,29+,30-/m1/s1. The minimum atomic E-state index is -1.14. The van der Waals surface area contributed by atoms with Crippen molar-refractivity contribution in [3.63, 3.8) is 0 Å². The second kappa shape index (κ2) is 6.97. The number of fused-ring (bicyclic) bond motifs is 6. The lowest BCUT2D eigenvalue weighted by atomic mass is 9.48. The highest BCUT2D eigenvalue weighted by molar-refractivity contribution is 5.88. The van der Waals surface area contributed by atoms with Crippen molar-refractivity contribution < 1.29 is 34.0 Å². The van der Waals surface area contributed by atoms with Gasteiger partial charge in [0.1, 0.15) is 22.9 Å². The van der Waals surface area contributed by atoms with Crippen molar-refractivity contribution in [1.29, 1.82) is 0 Å². The lowest BCUT2D eigenvalue weighted by Crippen LogP contribution is -2.69. The number of carbonyl (C=O) groups is 2. The average molecular weight is 511 g/mol. The van der Waals surface area contributed by atoms with Crippen LogP contribution in [0.2, 0.25) is 0 Å². The SMILES string of the molecule is CC1=C[C@@H]2C[C@]3(O)[C@@H]4C[C@]5(O)C=C6C=CC(=O)OC(C)(C)[C@@H]6CC[C@H]5[C@]4(C)C[C@H]4O[C@]43[C@H](C)[C@@H]2OC1=O. The zero-order valence-electron chi connectivity index (χ0n) is 22.3. The number of ether oxygens (including phenoxy) is 3. The maximum Gasteiger partial charge on any atom is 0.333 e. The van der Waals surface area contributed by atoms with E-state index in [1.807, 2.05) is 32.1 Å². The van der Waals surface area contributed by atoms with E-state index in [9.17, 15) is 19.8 Å². The van der Waals surface area contributed by atoms with E-state index >= 15 is 0 Å². The highest BCUT2D eigenvalue weighted by Gasteiger charge is 2.84. The van der Waals surface area contributed by atoms with Gasteiger partial charge in [-0.2, -0.15) is 0 Å². The summed E-state index contributed by atoms with van der Waals surface area (Å²) in [5, 5.41) is 25.1. The van der Waals surface area contributed by atoms with Crippen LogP contribution in [0.25, 0.3) is 0 Å². The molecule has 0 unspecified atom stereocenters. The first-order chi connectivity index (χ1) is 17.3. The van der Waals surface area contributed by atoms with E-state index in [0.29, 0.717) is 18.4 Å². The Balaban J connectivity index is 1.32. The molecule has 7 aliphatic rings. The highest BCUT2D eigenvalue weighted by Crippen LogP contribution is 2.75. The molecular formula is C30H38O7. The first-order valence-corrected chi connectivity index (χ1v) is 13.9. The molecule has 3 saturated carbocycles. The van der Waals surface area contributed by atoms with Crippen LogP contribution in [0.5, 0.6) is 0 Å². The molecule has 7 nitrogen and oxygen atoms in total. The number of allylic oxidation sites excluding steroid dienone is 1. The van der Waals surface area contributed by atoms with Gasteiger partial charge >= 0.3 is 11.9 Å². The van der Waals surface area contributed by atoms with Crippen LogP contribution in [0, 0.1) is 35.0 Å². The normalized spacial score (nSPS) is 54.8. The second-order valence-electron chi connectivity index (χ2n) is 13.8. The molecule has 3 aliphatic heterocycles. The van der Waals surface area contributed by atoms with E-state index in [4.69, 9.17) is 14.2 Å². The molecule has 3 heterocycles. The summed E-state index contributed by atoms with van der Waals surface area (Å²) in [5.41, 5.74) is -2.45. The molecule has 37 heavy (non-hydrogen) atoms. The van der Waals surface area contributed by atoms with Gasteiger partial charge in [-0.15, -0.1) is 0 Å². The molecule has 11 atom stereocenters. The van der Waals surface area contributed by atoms with E-state index < -0.39 is 22.4 Å². The van der Waals surface area contributed by atoms with Crippen molar-refractivity contribution in [2.75, 3.05) is 0 Å². The summed E-state index contributed by atoms with van der Waals surface area (Å²) < 4.78 is 18.1. The van der Waals surface area contributed by atoms with Crippen LogP contribution in [0.15, 0.2) is 35.5 Å². The molecule has 4 aliphatic carbocycles. The number of aliphatic hydroxyl groups is 2. The third kappa shape index (κ3) is 2.83. The Kier molecular flexibility index (Phi) is 4.54. The molecule has 0 aromatic heterocycles. The van der Waals surface area contributed by atoms with E-state index in [2.05, 4.69) is 13.8 Å². The fourth-order valence-corrected chi connectivity index (χ4v) is 10.2. The number of rotatable bonds is 0. The lowest BCUT2D eigenvalue weighted by Gasteiger charge is -2.58. The van der Waals surface area contributed by atoms with Gasteiger partial charge < -0.3 is 24.4 Å². The Hall–Kier alpha value is -1.96. The minimum Gasteiger partial charge on any atom is -0.458 e. The summed E-state index contributed by atoms with van der Waals surface area (Å²) in [4.78, 5) is 24.6. The molecule has 1 saturated heterocycles. The van der Waals surface area contributed by atoms with Crippen molar-refractivity contribution in [1.82, 2.24) is 0 Å². The second-order valence-corrected chi connectivity index (χ2v) is 13.8. The van der Waals surface area contributed by atoms with Crippen molar-refractivity contribution in [3.8, 4) is 0 Å². The Morgan fingerprint density at radius 3 is 2.51 bits per heavy atom. The quantitative estimate of drug-likeness (QED) is 0.380. The van der Waals surface area contributed by atoms with E-state index in [-0.39, 0.29) is 59.2 Å². The molecule has 0 aromatic rings. The van der Waals surface area contributed by atoms with Crippen LogP contribution in [0.4, 0.5) is 0 Å². The van der Waals surface area contributed by atoms with Crippen molar-refractivity contribution in [2.24, 2.45) is 35.0 Å². The van der Waals surface area contributed by atoms with Gasteiger partial charge in [-0.1, -0.05) is 26.0 Å². The maximum atomic E-state index is 12.7. The van der Waals surface area contributed by atoms with Gasteiger partial charge in [-0.05, 0) is 81.8 Å². The van der Waals surface area contributed by atoms with Crippen LogP contribution in [0.1, 0.15) is 66.7 Å². The molecule has 7 rings (SSSR count). The van der Waals surface area contributed by atoms with Crippen LogP contribution < -0.4 is 0 Å². The predicted octanol–water partition coefficient (Wildman–Crippen LogP) is 3.39. The van der Waals surface area contributed by atoms with Gasteiger partial charge in [0.25, 0.3) is 0 Å².